The summed E-state index contributed by atoms with van der Waals surface area (Å²) in [6.45, 7) is 5.44. The minimum atomic E-state index is -3.85. The number of rotatable bonds is 9. The van der Waals surface area contributed by atoms with Crippen LogP contribution in [0.25, 0.3) is 0 Å². The molecular weight excluding hydrogens is 411 g/mol. The van der Waals surface area contributed by atoms with E-state index in [1.165, 1.54) is 29.2 Å². The fourth-order valence-corrected chi connectivity index (χ4v) is 3.76. The molecule has 0 fully saturated rings. The maximum Gasteiger partial charge on any atom is 0.325 e. The first-order valence-corrected chi connectivity index (χ1v) is 10.9. The molecule has 0 aromatic heterocycles. The summed E-state index contributed by atoms with van der Waals surface area (Å²) in [6, 6.07) is 10.6. The number of amides is 1. The first-order chi connectivity index (χ1) is 14.1. The van der Waals surface area contributed by atoms with Crippen molar-refractivity contribution < 1.29 is 27.1 Å². The van der Waals surface area contributed by atoms with E-state index in [1.54, 1.807) is 19.1 Å². The summed E-state index contributed by atoms with van der Waals surface area (Å²) in [7, 11) is -3.85. The molecule has 30 heavy (non-hydrogen) atoms. The average Bonchev–Trinajstić information content (AvgIpc) is 2.67. The van der Waals surface area contributed by atoms with Crippen LogP contribution in [0.2, 0.25) is 0 Å². The number of hydrogen-bond acceptors (Lipinski definition) is 5. The highest BCUT2D eigenvalue weighted by Gasteiger charge is 2.21. The van der Waals surface area contributed by atoms with E-state index in [0.29, 0.717) is 11.3 Å². The fourth-order valence-electron chi connectivity index (χ4n) is 2.70. The number of carbonyl (C=O) groups excluding carboxylic acids is 2. The molecule has 0 heterocycles. The van der Waals surface area contributed by atoms with E-state index in [-0.39, 0.29) is 36.4 Å². The lowest BCUT2D eigenvalue weighted by atomic mass is 10.1. The van der Waals surface area contributed by atoms with Crippen molar-refractivity contribution in [3.63, 3.8) is 0 Å². The summed E-state index contributed by atoms with van der Waals surface area (Å²) in [5.41, 5.74) is 0.974. The van der Waals surface area contributed by atoms with Crippen LogP contribution < -0.4 is 4.72 Å². The van der Waals surface area contributed by atoms with E-state index in [9.17, 15) is 22.4 Å². The van der Waals surface area contributed by atoms with Gasteiger partial charge in [-0.25, -0.2) is 12.8 Å². The standard InChI is InChI=1S/C21H25FN2O5S/c1-4-29-21(26)14-24(15(2)3)20(25)13-16-5-9-18(10-6-16)23-30(27,28)19-11-7-17(22)8-12-19/h5-12,15,23H,4,13-14H2,1-3H3. The topological polar surface area (TPSA) is 92.8 Å². The van der Waals surface area contributed by atoms with Gasteiger partial charge in [0.2, 0.25) is 5.91 Å². The molecule has 0 saturated heterocycles. The maximum atomic E-state index is 13.0. The van der Waals surface area contributed by atoms with E-state index >= 15 is 0 Å². The second kappa shape index (κ2) is 10.2. The van der Waals surface area contributed by atoms with Gasteiger partial charge in [0.05, 0.1) is 17.9 Å². The second-order valence-electron chi connectivity index (χ2n) is 6.85. The number of benzene rings is 2. The van der Waals surface area contributed by atoms with Gasteiger partial charge in [0.1, 0.15) is 12.4 Å². The van der Waals surface area contributed by atoms with E-state index in [0.717, 1.165) is 12.1 Å². The first kappa shape index (κ1) is 23.3. The number of halogens is 1. The first-order valence-electron chi connectivity index (χ1n) is 9.44. The van der Waals surface area contributed by atoms with Gasteiger partial charge in [-0.15, -0.1) is 0 Å². The molecule has 2 aromatic carbocycles. The number of ether oxygens (including phenoxy) is 1. The zero-order valence-electron chi connectivity index (χ0n) is 17.1. The Morgan fingerprint density at radius 3 is 2.20 bits per heavy atom. The Kier molecular flexibility index (Phi) is 7.93. The Bertz CT molecular complexity index is 973. The molecule has 0 saturated carbocycles. The average molecular weight is 437 g/mol. The number of esters is 1. The minimum absolute atomic E-state index is 0.0581. The third-order valence-corrected chi connectivity index (χ3v) is 5.63. The number of carbonyl (C=O) groups is 2. The molecule has 1 N–H and O–H groups in total. The molecule has 0 aliphatic heterocycles. The third kappa shape index (κ3) is 6.55. The van der Waals surface area contributed by atoms with Gasteiger partial charge in [0.15, 0.2) is 0 Å². The Hall–Kier alpha value is -2.94. The van der Waals surface area contributed by atoms with Crippen molar-refractivity contribution in [3.05, 3.63) is 59.9 Å². The molecule has 0 aliphatic rings. The van der Waals surface area contributed by atoms with Crippen LogP contribution in [0.5, 0.6) is 0 Å². The van der Waals surface area contributed by atoms with E-state index in [1.807, 2.05) is 13.8 Å². The molecule has 0 unspecified atom stereocenters. The number of nitrogens with one attached hydrogen (secondary N) is 1. The predicted molar refractivity (Wildman–Crippen MR) is 111 cm³/mol. The molecule has 0 spiro atoms. The summed E-state index contributed by atoms with van der Waals surface area (Å²) < 4.78 is 45.0. The van der Waals surface area contributed by atoms with Crippen molar-refractivity contribution in [3.8, 4) is 0 Å². The monoisotopic (exact) mass is 436 g/mol. The van der Waals surface area contributed by atoms with Crippen LogP contribution >= 0.6 is 0 Å². The normalized spacial score (nSPS) is 11.2. The van der Waals surface area contributed by atoms with Crippen LogP contribution in [-0.4, -0.2) is 44.4 Å². The third-order valence-electron chi connectivity index (χ3n) is 4.23. The van der Waals surface area contributed by atoms with Crippen LogP contribution in [-0.2, 0) is 30.8 Å². The van der Waals surface area contributed by atoms with Crippen molar-refractivity contribution in [1.29, 1.82) is 0 Å². The highest BCUT2D eigenvalue weighted by molar-refractivity contribution is 7.92. The van der Waals surface area contributed by atoms with Crippen molar-refractivity contribution in [2.24, 2.45) is 0 Å². The summed E-state index contributed by atoms with van der Waals surface area (Å²) in [4.78, 5) is 25.7. The molecule has 7 nitrogen and oxygen atoms in total. The molecule has 2 rings (SSSR count). The summed E-state index contributed by atoms with van der Waals surface area (Å²) >= 11 is 0. The van der Waals surface area contributed by atoms with Crippen LogP contribution in [0.3, 0.4) is 0 Å². The summed E-state index contributed by atoms with van der Waals surface area (Å²) in [6.07, 6.45) is 0.0581. The molecular formula is C21H25FN2O5S. The number of sulfonamides is 1. The van der Waals surface area contributed by atoms with Crippen LogP contribution in [0.1, 0.15) is 26.3 Å². The molecule has 0 radical (unpaired) electrons. The van der Waals surface area contributed by atoms with Crippen molar-refractivity contribution in [1.82, 2.24) is 4.90 Å². The van der Waals surface area contributed by atoms with Crippen molar-refractivity contribution in [2.45, 2.75) is 38.1 Å². The molecule has 0 bridgehead atoms. The number of anilines is 1. The Balaban J connectivity index is 2.05. The highest BCUT2D eigenvalue weighted by atomic mass is 32.2. The van der Waals surface area contributed by atoms with Crippen LogP contribution in [0.4, 0.5) is 10.1 Å². The minimum Gasteiger partial charge on any atom is -0.465 e. The highest BCUT2D eigenvalue weighted by Crippen LogP contribution is 2.18. The Morgan fingerprint density at radius 1 is 1.07 bits per heavy atom. The van der Waals surface area contributed by atoms with Gasteiger partial charge < -0.3 is 9.64 Å². The second-order valence-corrected chi connectivity index (χ2v) is 8.54. The summed E-state index contributed by atoms with van der Waals surface area (Å²) in [5, 5.41) is 0. The number of nitrogens with zero attached hydrogens (tertiary/aromatic N) is 1. The predicted octanol–water partition coefficient (Wildman–Crippen LogP) is 2.97. The van der Waals surface area contributed by atoms with Gasteiger partial charge in [-0.1, -0.05) is 12.1 Å². The lowest BCUT2D eigenvalue weighted by molar-refractivity contribution is -0.149. The van der Waals surface area contributed by atoms with Crippen molar-refractivity contribution >= 4 is 27.6 Å². The van der Waals surface area contributed by atoms with Gasteiger partial charge >= 0.3 is 5.97 Å². The van der Waals surface area contributed by atoms with Gasteiger partial charge in [0, 0.05) is 11.7 Å². The van der Waals surface area contributed by atoms with Crippen LogP contribution in [0.15, 0.2) is 53.4 Å². The maximum absolute atomic E-state index is 13.0. The van der Waals surface area contributed by atoms with Gasteiger partial charge in [-0.3, -0.25) is 14.3 Å². The van der Waals surface area contributed by atoms with Gasteiger partial charge in [-0.2, -0.15) is 0 Å². The quantitative estimate of drug-likeness (QED) is 0.610. The van der Waals surface area contributed by atoms with Gasteiger partial charge in [-0.05, 0) is 62.7 Å². The molecule has 0 atom stereocenters. The largest absolute Gasteiger partial charge is 0.465 e. The molecule has 9 heteroatoms. The Labute approximate surface area is 175 Å². The van der Waals surface area contributed by atoms with Crippen LogP contribution in [0, 0.1) is 5.82 Å². The lowest BCUT2D eigenvalue weighted by Gasteiger charge is -2.25. The van der Waals surface area contributed by atoms with Gasteiger partial charge in [0.25, 0.3) is 10.0 Å². The lowest BCUT2D eigenvalue weighted by Crippen LogP contribution is -2.42. The molecule has 0 aliphatic carbocycles. The molecule has 2 aromatic rings. The SMILES string of the molecule is CCOC(=O)CN(C(=O)Cc1ccc(NS(=O)(=O)c2ccc(F)cc2)cc1)C(C)C. The number of hydrogen-bond donors (Lipinski definition) is 1. The van der Waals surface area contributed by atoms with E-state index in [4.69, 9.17) is 4.74 Å². The Morgan fingerprint density at radius 2 is 1.67 bits per heavy atom. The molecule has 1 amide bonds. The van der Waals surface area contributed by atoms with Crippen molar-refractivity contribution in [2.75, 3.05) is 17.9 Å². The fraction of sp³-hybridized carbons (Fsp3) is 0.333. The van der Waals surface area contributed by atoms with E-state index in [2.05, 4.69) is 4.72 Å². The summed E-state index contributed by atoms with van der Waals surface area (Å²) in [5.74, 6) is -1.23. The zero-order chi connectivity index (χ0) is 22.3. The smallest absolute Gasteiger partial charge is 0.325 e. The molecule has 162 valence electrons. The van der Waals surface area contributed by atoms with E-state index < -0.39 is 21.8 Å². The zero-order valence-corrected chi connectivity index (χ0v) is 17.9.